The Kier molecular flexibility index (Phi) is 5.65. The van der Waals surface area contributed by atoms with Gasteiger partial charge in [-0.3, -0.25) is 4.79 Å². The highest BCUT2D eigenvalue weighted by Gasteiger charge is 2.16. The van der Waals surface area contributed by atoms with Gasteiger partial charge >= 0.3 is 0 Å². The van der Waals surface area contributed by atoms with E-state index in [9.17, 15) is 4.79 Å². The number of nitrogens with zero attached hydrogens (tertiary/aromatic N) is 3. The number of amides is 1. The van der Waals surface area contributed by atoms with E-state index in [0.717, 1.165) is 18.1 Å². The summed E-state index contributed by atoms with van der Waals surface area (Å²) in [4.78, 5) is 11.8. The van der Waals surface area contributed by atoms with Gasteiger partial charge in [-0.15, -0.1) is 10.2 Å². The first kappa shape index (κ1) is 15.0. The predicted octanol–water partition coefficient (Wildman–Crippen LogP) is 1.70. The highest BCUT2D eigenvalue weighted by molar-refractivity contribution is 7.99. The molecule has 1 amide bonds. The third kappa shape index (κ3) is 3.48. The van der Waals surface area contributed by atoms with Crippen molar-refractivity contribution >= 4 is 17.7 Å². The van der Waals surface area contributed by atoms with Crippen molar-refractivity contribution in [2.24, 2.45) is 7.05 Å². The molecular formula is C12H22N4OS. The molecule has 1 aromatic heterocycles. The van der Waals surface area contributed by atoms with Crippen molar-refractivity contribution in [2.75, 3.05) is 6.26 Å². The van der Waals surface area contributed by atoms with Gasteiger partial charge < -0.3 is 9.88 Å². The number of aromatic nitrogens is 3. The summed E-state index contributed by atoms with van der Waals surface area (Å²) >= 11 is 1.57. The Morgan fingerprint density at radius 3 is 2.56 bits per heavy atom. The maximum atomic E-state index is 11.8. The largest absolute Gasteiger partial charge is 0.348 e. The molecule has 0 radical (unpaired) electrons. The molecule has 18 heavy (non-hydrogen) atoms. The predicted molar refractivity (Wildman–Crippen MR) is 74.5 cm³/mol. The molecule has 0 saturated heterocycles. The summed E-state index contributed by atoms with van der Waals surface area (Å²) in [5.41, 5.74) is 0. The second-order valence-corrected chi connectivity index (χ2v) is 5.58. The molecule has 1 atom stereocenters. The molecule has 102 valence electrons. The van der Waals surface area contributed by atoms with Crippen LogP contribution >= 0.6 is 11.8 Å². The summed E-state index contributed by atoms with van der Waals surface area (Å²) in [7, 11) is 1.93. The minimum atomic E-state index is 0.0165. The van der Waals surface area contributed by atoms with E-state index >= 15 is 0 Å². The molecule has 0 aliphatic rings. The molecule has 1 aromatic rings. The molecule has 0 spiro atoms. The van der Waals surface area contributed by atoms with Gasteiger partial charge in [0.15, 0.2) is 5.82 Å². The van der Waals surface area contributed by atoms with Crippen molar-refractivity contribution in [3.63, 3.8) is 0 Å². The molecule has 0 bridgehead atoms. The number of hydrogen-bond donors (Lipinski definition) is 1. The SMILES string of the molecule is CC[C@H](SC)C(=O)NCc1nnc(C(C)C)n1C. The van der Waals surface area contributed by atoms with Crippen LogP contribution in [0.2, 0.25) is 0 Å². The van der Waals surface area contributed by atoms with Gasteiger partial charge in [0.2, 0.25) is 5.91 Å². The number of thioether (sulfide) groups is 1. The summed E-state index contributed by atoms with van der Waals surface area (Å²) in [5, 5.41) is 11.2. The van der Waals surface area contributed by atoms with Crippen molar-refractivity contribution in [3.05, 3.63) is 11.6 Å². The quantitative estimate of drug-likeness (QED) is 0.854. The van der Waals surface area contributed by atoms with Crippen LogP contribution in [-0.4, -0.2) is 32.2 Å². The molecule has 0 aliphatic carbocycles. The maximum Gasteiger partial charge on any atom is 0.233 e. The normalized spacial score (nSPS) is 12.8. The van der Waals surface area contributed by atoms with E-state index in [-0.39, 0.29) is 11.2 Å². The number of carbonyl (C=O) groups excluding carboxylic acids is 1. The van der Waals surface area contributed by atoms with Gasteiger partial charge in [-0.25, -0.2) is 0 Å². The first-order chi connectivity index (χ1) is 8.51. The summed E-state index contributed by atoms with van der Waals surface area (Å²) < 4.78 is 1.95. The van der Waals surface area contributed by atoms with Crippen LogP contribution in [-0.2, 0) is 18.4 Å². The van der Waals surface area contributed by atoms with Crippen molar-refractivity contribution in [1.29, 1.82) is 0 Å². The van der Waals surface area contributed by atoms with E-state index in [1.54, 1.807) is 11.8 Å². The third-order valence-electron chi connectivity index (χ3n) is 2.88. The molecule has 0 unspecified atom stereocenters. The van der Waals surface area contributed by atoms with Crippen LogP contribution in [0.1, 0.15) is 44.8 Å². The average Bonchev–Trinajstić information content (AvgIpc) is 2.69. The second-order valence-electron chi connectivity index (χ2n) is 4.54. The molecule has 6 heteroatoms. The molecule has 1 heterocycles. The molecule has 0 fully saturated rings. The lowest BCUT2D eigenvalue weighted by Gasteiger charge is -2.12. The molecule has 5 nitrogen and oxygen atoms in total. The zero-order valence-electron chi connectivity index (χ0n) is 11.7. The molecule has 1 rings (SSSR count). The van der Waals surface area contributed by atoms with E-state index in [1.165, 1.54) is 0 Å². The van der Waals surface area contributed by atoms with Gasteiger partial charge in [0.25, 0.3) is 0 Å². The van der Waals surface area contributed by atoms with Gasteiger partial charge in [-0.05, 0) is 12.7 Å². The summed E-state index contributed by atoms with van der Waals surface area (Å²) in [5.74, 6) is 2.14. The Labute approximate surface area is 113 Å². The standard InChI is InChI=1S/C12H22N4OS/c1-6-9(18-5)12(17)13-7-10-14-15-11(8(2)3)16(10)4/h8-9H,6-7H2,1-5H3,(H,13,17)/t9-/m0/s1. The molecular weight excluding hydrogens is 248 g/mol. The van der Waals surface area contributed by atoms with Gasteiger partial charge in [0.1, 0.15) is 5.82 Å². The Morgan fingerprint density at radius 1 is 1.44 bits per heavy atom. The van der Waals surface area contributed by atoms with Gasteiger partial charge in [-0.1, -0.05) is 20.8 Å². The fourth-order valence-electron chi connectivity index (χ4n) is 1.77. The van der Waals surface area contributed by atoms with Crippen LogP contribution in [0.25, 0.3) is 0 Å². The Morgan fingerprint density at radius 2 is 2.11 bits per heavy atom. The average molecular weight is 270 g/mol. The van der Waals surface area contributed by atoms with Crippen molar-refractivity contribution < 1.29 is 4.79 Å². The summed E-state index contributed by atoms with van der Waals surface area (Å²) in [6.45, 7) is 6.60. The monoisotopic (exact) mass is 270 g/mol. The van der Waals surface area contributed by atoms with Crippen molar-refractivity contribution in [2.45, 2.75) is 44.9 Å². The summed E-state index contributed by atoms with van der Waals surface area (Å²) in [6.07, 6.45) is 2.79. The van der Waals surface area contributed by atoms with Gasteiger partial charge in [0, 0.05) is 13.0 Å². The number of rotatable bonds is 6. The highest BCUT2D eigenvalue weighted by Crippen LogP contribution is 2.12. The first-order valence-corrected chi connectivity index (χ1v) is 7.48. The fourth-order valence-corrected chi connectivity index (χ4v) is 2.40. The zero-order valence-corrected chi connectivity index (χ0v) is 12.5. The van der Waals surface area contributed by atoms with E-state index < -0.39 is 0 Å². The number of carbonyl (C=O) groups is 1. The van der Waals surface area contributed by atoms with E-state index in [0.29, 0.717) is 12.5 Å². The molecule has 1 N–H and O–H groups in total. The molecule has 0 saturated carbocycles. The lowest BCUT2D eigenvalue weighted by atomic mass is 10.2. The zero-order chi connectivity index (χ0) is 13.7. The smallest absolute Gasteiger partial charge is 0.233 e. The van der Waals surface area contributed by atoms with Gasteiger partial charge in [-0.2, -0.15) is 11.8 Å². The van der Waals surface area contributed by atoms with Crippen molar-refractivity contribution in [1.82, 2.24) is 20.1 Å². The molecule has 0 aromatic carbocycles. The van der Waals surface area contributed by atoms with Crippen LogP contribution in [0.15, 0.2) is 0 Å². The Balaban J connectivity index is 2.61. The molecule has 0 aliphatic heterocycles. The fraction of sp³-hybridized carbons (Fsp3) is 0.750. The van der Waals surface area contributed by atoms with Gasteiger partial charge in [0.05, 0.1) is 11.8 Å². The van der Waals surface area contributed by atoms with E-state index in [2.05, 4.69) is 29.4 Å². The number of hydrogen-bond acceptors (Lipinski definition) is 4. The van der Waals surface area contributed by atoms with E-state index in [4.69, 9.17) is 0 Å². The van der Waals surface area contributed by atoms with Crippen LogP contribution < -0.4 is 5.32 Å². The Bertz CT molecular complexity index is 399. The second kappa shape index (κ2) is 6.78. The highest BCUT2D eigenvalue weighted by atomic mass is 32.2. The van der Waals surface area contributed by atoms with Crippen LogP contribution in [0.4, 0.5) is 0 Å². The van der Waals surface area contributed by atoms with Crippen molar-refractivity contribution in [3.8, 4) is 0 Å². The van der Waals surface area contributed by atoms with Crippen LogP contribution in [0.3, 0.4) is 0 Å². The maximum absolute atomic E-state index is 11.8. The minimum absolute atomic E-state index is 0.0165. The Hall–Kier alpha value is -1.04. The minimum Gasteiger partial charge on any atom is -0.348 e. The van der Waals surface area contributed by atoms with E-state index in [1.807, 2.05) is 24.8 Å². The summed E-state index contributed by atoms with van der Waals surface area (Å²) in [6, 6.07) is 0. The lowest BCUT2D eigenvalue weighted by Crippen LogP contribution is -2.32. The topological polar surface area (TPSA) is 59.8 Å². The first-order valence-electron chi connectivity index (χ1n) is 6.19. The number of nitrogens with one attached hydrogen (secondary N) is 1. The van der Waals surface area contributed by atoms with Crippen LogP contribution in [0, 0.1) is 0 Å². The third-order valence-corrected chi connectivity index (χ3v) is 4.00. The van der Waals surface area contributed by atoms with Crippen LogP contribution in [0.5, 0.6) is 0 Å². The lowest BCUT2D eigenvalue weighted by molar-refractivity contribution is -0.120.